The molecule has 1 saturated heterocycles. The van der Waals surface area contributed by atoms with Gasteiger partial charge in [0, 0.05) is 30.1 Å². The molecule has 3 aromatic rings. The van der Waals surface area contributed by atoms with Crippen LogP contribution in [-0.2, 0) is 16.0 Å². The van der Waals surface area contributed by atoms with Gasteiger partial charge in [-0.05, 0) is 59.9 Å². The Hall–Kier alpha value is -3.52. The third-order valence-electron chi connectivity index (χ3n) is 9.15. The summed E-state index contributed by atoms with van der Waals surface area (Å²) in [6.07, 6.45) is 4.02. The molecule has 7 rings (SSSR count). The number of hydrogen-bond donors (Lipinski definition) is 2. The molecule has 3 unspecified atom stereocenters. The molecule has 8 nitrogen and oxygen atoms in total. The smallest absolute Gasteiger partial charge is 0.245 e. The van der Waals surface area contributed by atoms with Gasteiger partial charge in [0.25, 0.3) is 0 Å². The first-order chi connectivity index (χ1) is 19.2. The van der Waals surface area contributed by atoms with E-state index in [2.05, 4.69) is 31.8 Å². The quantitative estimate of drug-likeness (QED) is 0.489. The fraction of sp³-hybridized carbons (Fsp3) is 0.500. The van der Waals surface area contributed by atoms with Crippen LogP contribution in [0.2, 0.25) is 0 Å². The fourth-order valence-electron chi connectivity index (χ4n) is 6.99. The number of amides is 2. The first-order valence-corrected chi connectivity index (χ1v) is 14.5. The SMILES string of the molecule is CC1CCC(C(C)C)C(O)C1.CN1CC(=O)N2[C@H](c3ccc4c(c3)OCO4)c3[nH]c4ccccc4c3C[C@@H]2C1=O. The number of piperazine rings is 1. The lowest BCUT2D eigenvalue weighted by atomic mass is 9.75. The van der Waals surface area contributed by atoms with Crippen LogP contribution in [0.3, 0.4) is 0 Å². The van der Waals surface area contributed by atoms with E-state index in [1.807, 2.05) is 36.4 Å². The highest BCUT2D eigenvalue weighted by atomic mass is 16.7. The molecule has 2 N–H and O–H groups in total. The topological polar surface area (TPSA) is 95.1 Å². The molecule has 5 atom stereocenters. The van der Waals surface area contributed by atoms with E-state index >= 15 is 0 Å². The second-order valence-corrected chi connectivity index (χ2v) is 12.2. The molecule has 1 saturated carbocycles. The Morgan fingerprint density at radius 3 is 2.60 bits per heavy atom. The van der Waals surface area contributed by atoms with E-state index in [4.69, 9.17) is 9.47 Å². The number of ether oxygens (including phenoxy) is 2. The number of likely N-dealkylation sites (N-methyl/N-ethyl adjacent to an activating group) is 1. The van der Waals surface area contributed by atoms with Crippen molar-refractivity contribution in [2.24, 2.45) is 17.8 Å². The standard InChI is InChI=1S/C22H19N3O4.C10H20O/c1-24-10-19(26)25-16(22(24)27)9-14-13-4-2-3-5-15(13)23-20(14)21(25)12-6-7-17-18(8-12)29-11-28-17;1-7(2)9-5-4-8(3)6-10(9)11/h2-8,16,21,23H,9-11H2,1H3;7-11H,4-6H2,1-3H3/t16-,21-;/m1./s1. The van der Waals surface area contributed by atoms with Gasteiger partial charge in [-0.1, -0.05) is 51.5 Å². The predicted molar refractivity (Wildman–Crippen MR) is 152 cm³/mol. The van der Waals surface area contributed by atoms with E-state index in [9.17, 15) is 14.7 Å². The van der Waals surface area contributed by atoms with Gasteiger partial charge in [-0.3, -0.25) is 9.59 Å². The van der Waals surface area contributed by atoms with Gasteiger partial charge in [0.05, 0.1) is 18.7 Å². The number of carbonyl (C=O) groups excluding carboxylic acids is 2. The van der Waals surface area contributed by atoms with E-state index < -0.39 is 6.04 Å². The number of aromatic nitrogens is 1. The third-order valence-corrected chi connectivity index (χ3v) is 9.15. The average Bonchev–Trinajstić information content (AvgIpc) is 3.55. The Balaban J connectivity index is 0.000000223. The summed E-state index contributed by atoms with van der Waals surface area (Å²) in [6, 6.07) is 12.9. The Kier molecular flexibility index (Phi) is 6.98. The van der Waals surface area contributed by atoms with E-state index in [1.54, 1.807) is 11.9 Å². The van der Waals surface area contributed by atoms with Crippen LogP contribution in [0, 0.1) is 17.8 Å². The lowest BCUT2D eigenvalue weighted by Crippen LogP contribution is -2.62. The summed E-state index contributed by atoms with van der Waals surface area (Å²) in [5.41, 5.74) is 3.97. The molecule has 0 bridgehead atoms. The van der Waals surface area contributed by atoms with Crippen molar-refractivity contribution >= 4 is 22.7 Å². The Labute approximate surface area is 235 Å². The number of rotatable bonds is 2. The maximum atomic E-state index is 13.1. The van der Waals surface area contributed by atoms with Crippen molar-refractivity contribution in [3.8, 4) is 11.5 Å². The normalized spacial score (nSPS) is 27.4. The van der Waals surface area contributed by atoms with Crippen molar-refractivity contribution in [3.05, 3.63) is 59.3 Å². The van der Waals surface area contributed by atoms with Crippen LogP contribution < -0.4 is 9.47 Å². The maximum Gasteiger partial charge on any atom is 0.245 e. The van der Waals surface area contributed by atoms with E-state index in [-0.39, 0.29) is 37.3 Å². The van der Waals surface area contributed by atoms with Gasteiger partial charge in [-0.15, -0.1) is 0 Å². The molecular weight excluding hydrogens is 506 g/mol. The second kappa shape index (κ2) is 10.5. The lowest BCUT2D eigenvalue weighted by molar-refractivity contribution is -0.157. The van der Waals surface area contributed by atoms with Gasteiger partial charge in [0.1, 0.15) is 6.04 Å². The zero-order valence-corrected chi connectivity index (χ0v) is 23.7. The molecule has 0 spiro atoms. The predicted octanol–water partition coefficient (Wildman–Crippen LogP) is 4.65. The number of nitrogens with one attached hydrogen (secondary N) is 1. The number of fused-ring (bicyclic) bond motifs is 5. The summed E-state index contributed by atoms with van der Waals surface area (Å²) in [7, 11) is 1.69. The Morgan fingerprint density at radius 1 is 1.05 bits per heavy atom. The summed E-state index contributed by atoms with van der Waals surface area (Å²) < 4.78 is 11.0. The van der Waals surface area contributed by atoms with Crippen molar-refractivity contribution in [2.75, 3.05) is 20.4 Å². The molecule has 4 aliphatic rings. The van der Waals surface area contributed by atoms with Gasteiger partial charge in [-0.25, -0.2) is 0 Å². The summed E-state index contributed by atoms with van der Waals surface area (Å²) in [5.74, 6) is 3.23. The minimum atomic E-state index is -0.511. The Morgan fingerprint density at radius 2 is 1.82 bits per heavy atom. The van der Waals surface area contributed by atoms with Crippen LogP contribution in [0.4, 0.5) is 0 Å². The Bertz CT molecular complexity index is 1430. The summed E-state index contributed by atoms with van der Waals surface area (Å²) in [6.45, 7) is 6.94. The number of nitrogens with zero attached hydrogens (tertiary/aromatic N) is 2. The van der Waals surface area contributed by atoms with E-state index in [0.717, 1.165) is 40.1 Å². The largest absolute Gasteiger partial charge is 0.454 e. The summed E-state index contributed by atoms with van der Waals surface area (Å²) in [5, 5.41) is 10.8. The minimum absolute atomic E-state index is 0.0220. The van der Waals surface area contributed by atoms with Gasteiger partial charge in [0.15, 0.2) is 11.5 Å². The van der Waals surface area contributed by atoms with Crippen LogP contribution >= 0.6 is 0 Å². The molecule has 2 fully saturated rings. The zero-order chi connectivity index (χ0) is 28.1. The third kappa shape index (κ3) is 4.62. The molecule has 1 aliphatic carbocycles. The molecule has 4 heterocycles. The number of para-hydroxylation sites is 1. The van der Waals surface area contributed by atoms with Crippen molar-refractivity contribution in [1.82, 2.24) is 14.8 Å². The monoisotopic (exact) mass is 545 g/mol. The summed E-state index contributed by atoms with van der Waals surface area (Å²) >= 11 is 0. The lowest BCUT2D eigenvalue weighted by Gasteiger charge is -2.46. The van der Waals surface area contributed by atoms with Crippen LogP contribution in [0.5, 0.6) is 11.5 Å². The highest BCUT2D eigenvalue weighted by molar-refractivity contribution is 5.97. The van der Waals surface area contributed by atoms with Gasteiger partial charge >= 0.3 is 0 Å². The van der Waals surface area contributed by atoms with Crippen LogP contribution in [-0.4, -0.2) is 64.2 Å². The van der Waals surface area contributed by atoms with Crippen LogP contribution in [0.25, 0.3) is 10.9 Å². The molecule has 0 radical (unpaired) electrons. The summed E-state index contributed by atoms with van der Waals surface area (Å²) in [4.78, 5) is 32.9. The number of aliphatic hydroxyl groups excluding tert-OH is 1. The molecule has 1 aromatic heterocycles. The first-order valence-electron chi connectivity index (χ1n) is 14.5. The number of benzene rings is 2. The molecular formula is C32H39N3O5. The molecule has 2 aromatic carbocycles. The number of hydrogen-bond acceptors (Lipinski definition) is 5. The van der Waals surface area contributed by atoms with Crippen molar-refractivity contribution in [1.29, 1.82) is 0 Å². The number of aliphatic hydroxyl groups is 1. The minimum Gasteiger partial charge on any atom is -0.454 e. The second-order valence-electron chi connectivity index (χ2n) is 12.2. The van der Waals surface area contributed by atoms with Gasteiger partial charge in [0.2, 0.25) is 18.6 Å². The average molecular weight is 546 g/mol. The first kappa shape index (κ1) is 26.7. The molecule has 3 aliphatic heterocycles. The molecule has 2 amide bonds. The van der Waals surface area contributed by atoms with Crippen LogP contribution in [0.15, 0.2) is 42.5 Å². The maximum absolute atomic E-state index is 13.1. The fourth-order valence-corrected chi connectivity index (χ4v) is 6.99. The molecule has 8 heteroatoms. The van der Waals surface area contributed by atoms with Gasteiger partial charge < -0.3 is 29.4 Å². The zero-order valence-electron chi connectivity index (χ0n) is 23.7. The van der Waals surface area contributed by atoms with E-state index in [1.165, 1.54) is 17.7 Å². The number of carbonyl (C=O) groups is 2. The number of H-pyrrole nitrogens is 1. The molecule has 40 heavy (non-hydrogen) atoms. The highest BCUT2D eigenvalue weighted by Gasteiger charge is 2.47. The highest BCUT2D eigenvalue weighted by Crippen LogP contribution is 2.44. The van der Waals surface area contributed by atoms with Crippen molar-refractivity contribution in [2.45, 2.75) is 64.6 Å². The van der Waals surface area contributed by atoms with Crippen molar-refractivity contribution < 1.29 is 24.2 Å². The van der Waals surface area contributed by atoms with Crippen molar-refractivity contribution in [3.63, 3.8) is 0 Å². The van der Waals surface area contributed by atoms with Crippen LogP contribution in [0.1, 0.15) is 62.9 Å². The van der Waals surface area contributed by atoms with E-state index in [0.29, 0.717) is 29.8 Å². The molecule has 212 valence electrons. The van der Waals surface area contributed by atoms with Gasteiger partial charge in [-0.2, -0.15) is 0 Å². The number of aromatic amines is 1.